The van der Waals surface area contributed by atoms with Crippen LogP contribution in [0, 0.1) is 11.7 Å². The minimum Gasteiger partial charge on any atom is -0.392 e. The van der Waals surface area contributed by atoms with Crippen LogP contribution in [-0.2, 0) is 19.3 Å². The molecule has 0 radical (unpaired) electrons. The summed E-state index contributed by atoms with van der Waals surface area (Å²) in [7, 11) is 0. The van der Waals surface area contributed by atoms with Crippen molar-refractivity contribution in [2.24, 2.45) is 5.92 Å². The van der Waals surface area contributed by atoms with E-state index < -0.39 is 6.10 Å². The summed E-state index contributed by atoms with van der Waals surface area (Å²) in [5, 5.41) is 10.9. The molecule has 0 heterocycles. The average Bonchev–Trinajstić information content (AvgIpc) is 2.49. The Morgan fingerprint density at radius 2 is 1.95 bits per heavy atom. The fourth-order valence-electron chi connectivity index (χ4n) is 3.13. The molecule has 2 aromatic rings. The zero-order chi connectivity index (χ0) is 14.8. The fourth-order valence-corrected chi connectivity index (χ4v) is 3.38. The number of hydrogen-bond acceptors (Lipinski definition) is 1. The molecule has 110 valence electrons. The van der Waals surface area contributed by atoms with Crippen LogP contribution in [0.25, 0.3) is 0 Å². The lowest BCUT2D eigenvalue weighted by molar-refractivity contribution is 0.0993. The molecular formula is C18H18ClFO. The van der Waals surface area contributed by atoms with Crippen LogP contribution in [0.15, 0.2) is 42.5 Å². The van der Waals surface area contributed by atoms with E-state index in [2.05, 4.69) is 18.2 Å². The molecule has 0 bridgehead atoms. The summed E-state index contributed by atoms with van der Waals surface area (Å²) >= 11 is 6.04. The van der Waals surface area contributed by atoms with Crippen molar-refractivity contribution in [1.82, 2.24) is 0 Å². The Morgan fingerprint density at radius 3 is 2.71 bits per heavy atom. The Hall–Kier alpha value is -1.38. The summed E-state index contributed by atoms with van der Waals surface area (Å²) in [6.45, 7) is 0. The Kier molecular flexibility index (Phi) is 4.27. The van der Waals surface area contributed by atoms with Crippen LogP contribution in [-0.4, -0.2) is 11.2 Å². The molecule has 0 saturated heterocycles. The first-order valence-corrected chi connectivity index (χ1v) is 7.70. The normalized spacial score (nSPS) is 19.1. The second-order valence-corrected chi connectivity index (χ2v) is 6.19. The summed E-state index contributed by atoms with van der Waals surface area (Å²) in [5.74, 6) is -0.106. The summed E-state index contributed by atoms with van der Waals surface area (Å²) in [4.78, 5) is 0. The Morgan fingerprint density at radius 1 is 1.19 bits per heavy atom. The van der Waals surface area contributed by atoms with Gasteiger partial charge in [-0.1, -0.05) is 41.9 Å². The minimum absolute atomic E-state index is 0.237. The molecule has 1 N–H and O–H groups in total. The number of aryl methyl sites for hydroxylation is 1. The van der Waals surface area contributed by atoms with Crippen molar-refractivity contribution in [3.8, 4) is 0 Å². The zero-order valence-corrected chi connectivity index (χ0v) is 12.5. The maximum Gasteiger partial charge on any atom is 0.124 e. The Labute approximate surface area is 129 Å². The molecule has 3 rings (SSSR count). The molecule has 0 amide bonds. The topological polar surface area (TPSA) is 20.2 Å². The Bertz CT molecular complexity index is 641. The fraction of sp³-hybridized carbons (Fsp3) is 0.333. The number of benzene rings is 2. The molecule has 1 aliphatic rings. The van der Waals surface area contributed by atoms with Crippen molar-refractivity contribution in [1.29, 1.82) is 0 Å². The van der Waals surface area contributed by atoms with Crippen molar-refractivity contribution in [2.75, 3.05) is 0 Å². The molecule has 0 aliphatic heterocycles. The molecule has 2 unspecified atom stereocenters. The van der Waals surface area contributed by atoms with Crippen LogP contribution in [0.1, 0.15) is 23.1 Å². The highest BCUT2D eigenvalue weighted by Gasteiger charge is 2.25. The van der Waals surface area contributed by atoms with Crippen molar-refractivity contribution in [3.63, 3.8) is 0 Å². The molecule has 1 aliphatic carbocycles. The van der Waals surface area contributed by atoms with Gasteiger partial charge in [0.05, 0.1) is 6.10 Å². The van der Waals surface area contributed by atoms with E-state index in [1.807, 2.05) is 6.07 Å². The van der Waals surface area contributed by atoms with Gasteiger partial charge in [0.15, 0.2) is 0 Å². The van der Waals surface area contributed by atoms with E-state index in [1.165, 1.54) is 23.3 Å². The lowest BCUT2D eigenvalue weighted by Gasteiger charge is -2.28. The molecule has 0 aromatic heterocycles. The van der Waals surface area contributed by atoms with E-state index in [0.29, 0.717) is 11.4 Å². The highest BCUT2D eigenvalue weighted by molar-refractivity contribution is 6.31. The molecule has 0 saturated carbocycles. The predicted molar refractivity (Wildman–Crippen MR) is 83.1 cm³/mol. The SMILES string of the molecule is OC(Cc1ccc(F)cc1Cl)C1CCc2ccccc2C1. The lowest BCUT2D eigenvalue weighted by atomic mass is 9.79. The molecule has 2 aromatic carbocycles. The van der Waals surface area contributed by atoms with Crippen LogP contribution in [0.2, 0.25) is 5.02 Å². The van der Waals surface area contributed by atoms with Crippen molar-refractivity contribution in [2.45, 2.75) is 31.8 Å². The largest absolute Gasteiger partial charge is 0.392 e. The van der Waals surface area contributed by atoms with E-state index in [-0.39, 0.29) is 11.7 Å². The molecule has 0 fully saturated rings. The van der Waals surface area contributed by atoms with Gasteiger partial charge in [-0.3, -0.25) is 0 Å². The van der Waals surface area contributed by atoms with E-state index in [4.69, 9.17) is 11.6 Å². The molecule has 21 heavy (non-hydrogen) atoms. The molecule has 3 heteroatoms. The Balaban J connectivity index is 1.70. The number of hydrogen-bond donors (Lipinski definition) is 1. The van der Waals surface area contributed by atoms with E-state index in [1.54, 1.807) is 6.07 Å². The first kappa shape index (κ1) is 14.6. The van der Waals surface area contributed by atoms with Gasteiger partial charge in [-0.05, 0) is 54.0 Å². The summed E-state index contributed by atoms with van der Waals surface area (Å²) < 4.78 is 13.1. The van der Waals surface area contributed by atoms with Gasteiger partial charge in [-0.25, -0.2) is 4.39 Å². The molecular weight excluding hydrogens is 287 g/mol. The summed E-state index contributed by atoms with van der Waals surface area (Å²) in [6.07, 6.45) is 2.93. The van der Waals surface area contributed by atoms with Gasteiger partial charge in [0.25, 0.3) is 0 Å². The van der Waals surface area contributed by atoms with Crippen LogP contribution >= 0.6 is 11.6 Å². The third-order valence-corrected chi connectivity index (χ3v) is 4.73. The second kappa shape index (κ2) is 6.17. The first-order chi connectivity index (χ1) is 10.1. The number of rotatable bonds is 3. The summed E-state index contributed by atoms with van der Waals surface area (Å²) in [5.41, 5.74) is 3.53. The molecule has 1 nitrogen and oxygen atoms in total. The van der Waals surface area contributed by atoms with Gasteiger partial charge in [0, 0.05) is 11.4 Å². The van der Waals surface area contributed by atoms with Gasteiger partial charge >= 0.3 is 0 Å². The zero-order valence-electron chi connectivity index (χ0n) is 11.7. The molecule has 2 atom stereocenters. The van der Waals surface area contributed by atoms with Gasteiger partial charge in [0.1, 0.15) is 5.82 Å². The van der Waals surface area contributed by atoms with E-state index in [0.717, 1.165) is 24.8 Å². The third kappa shape index (κ3) is 3.28. The standard InChI is InChI=1S/C18H18ClFO/c19-17-11-16(20)8-7-14(17)10-18(21)15-6-5-12-3-1-2-4-13(12)9-15/h1-4,7-8,11,15,18,21H,5-6,9-10H2. The number of aliphatic hydroxyl groups is 1. The quantitative estimate of drug-likeness (QED) is 0.901. The smallest absolute Gasteiger partial charge is 0.124 e. The number of aliphatic hydroxyl groups excluding tert-OH is 1. The maximum atomic E-state index is 13.1. The number of fused-ring (bicyclic) bond motifs is 1. The minimum atomic E-state index is -0.443. The number of halogens is 2. The third-order valence-electron chi connectivity index (χ3n) is 4.37. The van der Waals surface area contributed by atoms with Crippen LogP contribution < -0.4 is 0 Å². The van der Waals surface area contributed by atoms with Gasteiger partial charge in [-0.15, -0.1) is 0 Å². The van der Waals surface area contributed by atoms with E-state index in [9.17, 15) is 9.50 Å². The van der Waals surface area contributed by atoms with Gasteiger partial charge in [-0.2, -0.15) is 0 Å². The highest BCUT2D eigenvalue weighted by atomic mass is 35.5. The second-order valence-electron chi connectivity index (χ2n) is 5.78. The van der Waals surface area contributed by atoms with E-state index >= 15 is 0 Å². The van der Waals surface area contributed by atoms with Gasteiger partial charge < -0.3 is 5.11 Å². The van der Waals surface area contributed by atoms with Crippen molar-refractivity contribution < 1.29 is 9.50 Å². The average molecular weight is 305 g/mol. The maximum absolute atomic E-state index is 13.1. The van der Waals surface area contributed by atoms with Crippen LogP contribution in [0.4, 0.5) is 4.39 Å². The van der Waals surface area contributed by atoms with Gasteiger partial charge in [0.2, 0.25) is 0 Å². The molecule has 0 spiro atoms. The van der Waals surface area contributed by atoms with Crippen LogP contribution in [0.3, 0.4) is 0 Å². The lowest BCUT2D eigenvalue weighted by Crippen LogP contribution is -2.28. The summed E-state index contributed by atoms with van der Waals surface area (Å²) in [6, 6.07) is 12.8. The van der Waals surface area contributed by atoms with Crippen molar-refractivity contribution >= 4 is 11.6 Å². The van der Waals surface area contributed by atoms with Crippen LogP contribution in [0.5, 0.6) is 0 Å². The highest BCUT2D eigenvalue weighted by Crippen LogP contribution is 2.30. The monoisotopic (exact) mass is 304 g/mol. The van der Waals surface area contributed by atoms with Crippen molar-refractivity contribution in [3.05, 3.63) is 70.0 Å². The predicted octanol–water partition coefficient (Wildman–Crippen LogP) is 4.19. The first-order valence-electron chi connectivity index (χ1n) is 7.32.